The predicted octanol–water partition coefficient (Wildman–Crippen LogP) is 3.61. The number of rotatable bonds is 3. The summed E-state index contributed by atoms with van der Waals surface area (Å²) in [6, 6.07) is 8.00. The van der Waals surface area contributed by atoms with Gasteiger partial charge in [0.1, 0.15) is 5.15 Å². The third-order valence-corrected chi connectivity index (χ3v) is 4.71. The van der Waals surface area contributed by atoms with Crippen LogP contribution in [0.15, 0.2) is 45.9 Å². The maximum absolute atomic E-state index is 12.1. The molecule has 0 aliphatic carbocycles. The molecule has 2 aromatic rings. The van der Waals surface area contributed by atoms with Crippen molar-refractivity contribution in [2.24, 2.45) is 0 Å². The average Bonchev–Trinajstić information content (AvgIpc) is 2.34. The fraction of sp³-hybridized carbons (Fsp3) is 0.0833. The summed E-state index contributed by atoms with van der Waals surface area (Å²) in [6.07, 6.45) is 1.38. The Bertz CT molecular complexity index is 702. The largest absolute Gasteiger partial charge is 0.278 e. The molecule has 4 nitrogen and oxygen atoms in total. The third kappa shape index (κ3) is 3.46. The first kappa shape index (κ1) is 14.3. The number of sulfonamides is 1. The molecule has 7 heteroatoms. The van der Waals surface area contributed by atoms with Crippen LogP contribution in [0.4, 0.5) is 5.69 Å². The van der Waals surface area contributed by atoms with E-state index in [1.54, 1.807) is 25.1 Å². The molecule has 0 unspecified atom stereocenters. The van der Waals surface area contributed by atoms with E-state index in [1.807, 2.05) is 0 Å². The van der Waals surface area contributed by atoms with Crippen LogP contribution in [0.5, 0.6) is 0 Å². The van der Waals surface area contributed by atoms with Gasteiger partial charge in [-0.3, -0.25) is 4.72 Å². The van der Waals surface area contributed by atoms with Gasteiger partial charge in [-0.2, -0.15) is 0 Å². The van der Waals surface area contributed by atoms with E-state index < -0.39 is 10.0 Å². The molecule has 0 saturated carbocycles. The number of aromatic nitrogens is 1. The second kappa shape index (κ2) is 5.48. The minimum Gasteiger partial charge on any atom is -0.278 e. The highest BCUT2D eigenvalue weighted by Gasteiger charge is 2.14. The topological polar surface area (TPSA) is 59.1 Å². The Morgan fingerprint density at radius 3 is 2.47 bits per heavy atom. The molecular formula is C12H10BrClN2O2S. The molecule has 0 radical (unpaired) electrons. The van der Waals surface area contributed by atoms with Gasteiger partial charge >= 0.3 is 0 Å². The van der Waals surface area contributed by atoms with Gasteiger partial charge in [0, 0.05) is 4.47 Å². The number of pyridine rings is 1. The van der Waals surface area contributed by atoms with Gasteiger partial charge in [-0.25, -0.2) is 13.4 Å². The molecule has 1 heterocycles. The first-order chi connectivity index (χ1) is 8.88. The van der Waals surface area contributed by atoms with E-state index >= 15 is 0 Å². The van der Waals surface area contributed by atoms with Crippen LogP contribution in [0.1, 0.15) is 5.56 Å². The van der Waals surface area contributed by atoms with Crippen LogP contribution in [-0.2, 0) is 10.0 Å². The van der Waals surface area contributed by atoms with Crippen molar-refractivity contribution in [3.05, 3.63) is 51.7 Å². The molecule has 0 fully saturated rings. The summed E-state index contributed by atoms with van der Waals surface area (Å²) < 4.78 is 27.5. The molecule has 19 heavy (non-hydrogen) atoms. The van der Waals surface area contributed by atoms with Crippen molar-refractivity contribution in [2.75, 3.05) is 4.72 Å². The minimum atomic E-state index is -3.61. The van der Waals surface area contributed by atoms with Gasteiger partial charge in [-0.15, -0.1) is 0 Å². The van der Waals surface area contributed by atoms with Crippen LogP contribution < -0.4 is 4.72 Å². The van der Waals surface area contributed by atoms with Gasteiger partial charge < -0.3 is 0 Å². The van der Waals surface area contributed by atoms with Crippen molar-refractivity contribution >= 4 is 43.2 Å². The number of nitrogens with one attached hydrogen (secondary N) is 1. The van der Waals surface area contributed by atoms with E-state index in [4.69, 9.17) is 11.6 Å². The van der Waals surface area contributed by atoms with Gasteiger partial charge in [0.05, 0.1) is 16.8 Å². The fourth-order valence-electron chi connectivity index (χ4n) is 1.44. The van der Waals surface area contributed by atoms with Gasteiger partial charge in [0.15, 0.2) is 0 Å². The van der Waals surface area contributed by atoms with Crippen molar-refractivity contribution in [3.63, 3.8) is 0 Å². The highest BCUT2D eigenvalue weighted by Crippen LogP contribution is 2.20. The summed E-state index contributed by atoms with van der Waals surface area (Å²) >= 11 is 9.05. The predicted molar refractivity (Wildman–Crippen MR) is 78.9 cm³/mol. The lowest BCUT2D eigenvalue weighted by atomic mass is 10.3. The normalized spacial score (nSPS) is 11.3. The minimum absolute atomic E-state index is 0.184. The molecular weight excluding hydrogens is 352 g/mol. The first-order valence-corrected chi connectivity index (χ1v) is 7.94. The maximum Gasteiger partial charge on any atom is 0.261 e. The fourth-order valence-corrected chi connectivity index (χ4v) is 2.84. The van der Waals surface area contributed by atoms with Gasteiger partial charge in [-0.1, -0.05) is 27.5 Å². The van der Waals surface area contributed by atoms with Crippen molar-refractivity contribution in [2.45, 2.75) is 11.8 Å². The highest BCUT2D eigenvalue weighted by atomic mass is 79.9. The Morgan fingerprint density at radius 2 is 1.89 bits per heavy atom. The van der Waals surface area contributed by atoms with Crippen LogP contribution in [0, 0.1) is 6.92 Å². The molecule has 0 saturated heterocycles. The number of benzene rings is 1. The lowest BCUT2D eigenvalue weighted by Gasteiger charge is -2.08. The molecule has 2 rings (SSSR count). The zero-order valence-electron chi connectivity index (χ0n) is 9.89. The summed E-state index contributed by atoms with van der Waals surface area (Å²) in [7, 11) is -3.61. The molecule has 100 valence electrons. The van der Waals surface area contributed by atoms with E-state index in [2.05, 4.69) is 25.6 Å². The Labute approximate surface area is 125 Å². The quantitative estimate of drug-likeness (QED) is 0.850. The summed E-state index contributed by atoms with van der Waals surface area (Å²) in [5, 5.41) is 0.353. The van der Waals surface area contributed by atoms with Crippen molar-refractivity contribution in [1.82, 2.24) is 4.98 Å². The Morgan fingerprint density at radius 1 is 1.26 bits per heavy atom. The third-order valence-electron chi connectivity index (χ3n) is 2.39. The van der Waals surface area contributed by atoms with Crippen molar-refractivity contribution in [1.29, 1.82) is 0 Å². The van der Waals surface area contributed by atoms with E-state index in [9.17, 15) is 8.42 Å². The maximum atomic E-state index is 12.1. The molecule has 0 amide bonds. The Hall–Kier alpha value is -1.11. The number of nitrogens with zero attached hydrogens (tertiary/aromatic N) is 1. The lowest BCUT2D eigenvalue weighted by molar-refractivity contribution is 0.601. The summed E-state index contributed by atoms with van der Waals surface area (Å²) in [6.45, 7) is 1.76. The SMILES string of the molecule is Cc1cc(NS(=O)(=O)c2ccc(Br)cc2)cnc1Cl. The van der Waals surface area contributed by atoms with Crippen LogP contribution in [0.25, 0.3) is 0 Å². The molecule has 0 bridgehead atoms. The van der Waals surface area contributed by atoms with Gasteiger partial charge in [0.2, 0.25) is 0 Å². The smallest absolute Gasteiger partial charge is 0.261 e. The first-order valence-electron chi connectivity index (χ1n) is 5.29. The standard InChI is InChI=1S/C12H10BrClN2O2S/c1-8-6-10(7-15-12(8)14)16-19(17,18)11-4-2-9(13)3-5-11/h2-7,16H,1H3. The van der Waals surface area contributed by atoms with Crippen molar-refractivity contribution in [3.8, 4) is 0 Å². The number of hydrogen-bond acceptors (Lipinski definition) is 3. The van der Waals surface area contributed by atoms with E-state index in [0.29, 0.717) is 16.4 Å². The number of hydrogen-bond donors (Lipinski definition) is 1. The summed E-state index contributed by atoms with van der Waals surface area (Å²) in [5.41, 5.74) is 1.09. The zero-order valence-corrected chi connectivity index (χ0v) is 13.1. The number of anilines is 1. The van der Waals surface area contributed by atoms with E-state index in [1.165, 1.54) is 18.3 Å². The van der Waals surface area contributed by atoms with Crippen LogP contribution in [-0.4, -0.2) is 13.4 Å². The number of aryl methyl sites for hydroxylation is 1. The van der Waals surface area contributed by atoms with E-state index in [-0.39, 0.29) is 4.90 Å². The molecule has 1 N–H and O–H groups in total. The molecule has 0 aliphatic heterocycles. The number of halogens is 2. The summed E-state index contributed by atoms with van der Waals surface area (Å²) in [4.78, 5) is 4.09. The summed E-state index contributed by atoms with van der Waals surface area (Å²) in [5.74, 6) is 0. The van der Waals surface area contributed by atoms with Crippen molar-refractivity contribution < 1.29 is 8.42 Å². The Balaban J connectivity index is 2.30. The molecule has 0 atom stereocenters. The molecule has 0 aliphatic rings. The van der Waals surface area contributed by atoms with Gasteiger partial charge in [-0.05, 0) is 42.8 Å². The average molecular weight is 362 g/mol. The Kier molecular flexibility index (Phi) is 4.13. The zero-order chi connectivity index (χ0) is 14.0. The van der Waals surface area contributed by atoms with Gasteiger partial charge in [0.25, 0.3) is 10.0 Å². The van der Waals surface area contributed by atoms with Crippen LogP contribution >= 0.6 is 27.5 Å². The highest BCUT2D eigenvalue weighted by molar-refractivity contribution is 9.10. The van der Waals surface area contributed by atoms with Crippen LogP contribution in [0.3, 0.4) is 0 Å². The van der Waals surface area contributed by atoms with Crippen LogP contribution in [0.2, 0.25) is 5.15 Å². The molecule has 0 spiro atoms. The molecule has 1 aromatic heterocycles. The second-order valence-corrected chi connectivity index (χ2v) is 6.85. The monoisotopic (exact) mass is 360 g/mol. The van der Waals surface area contributed by atoms with E-state index in [0.717, 1.165) is 4.47 Å². The second-order valence-electron chi connectivity index (χ2n) is 3.89. The lowest BCUT2D eigenvalue weighted by Crippen LogP contribution is -2.13. The molecule has 1 aromatic carbocycles.